The molecule has 2 unspecified atom stereocenters. The average Bonchev–Trinajstić information content (AvgIpc) is 2.84. The Labute approximate surface area is 119 Å². The second-order valence-corrected chi connectivity index (χ2v) is 6.08. The normalized spacial score (nSPS) is 23.9. The van der Waals surface area contributed by atoms with Crippen LogP contribution in [0.3, 0.4) is 0 Å². The number of hydrogen-bond donors (Lipinski definition) is 1. The third kappa shape index (κ3) is 4.05. The van der Waals surface area contributed by atoms with Crippen LogP contribution in [0.25, 0.3) is 0 Å². The van der Waals surface area contributed by atoms with E-state index in [2.05, 4.69) is 42.7 Å². The molecule has 1 aliphatic rings. The smallest absolute Gasteiger partial charge is 0.0772 e. The van der Waals surface area contributed by atoms with Gasteiger partial charge in [0.15, 0.2) is 0 Å². The van der Waals surface area contributed by atoms with E-state index in [1.54, 1.807) is 11.3 Å². The molecule has 0 spiro atoms. The minimum absolute atomic E-state index is 0.333. The lowest BCUT2D eigenvalue weighted by atomic mass is 10.1. The molecule has 1 aromatic rings. The van der Waals surface area contributed by atoms with Crippen molar-refractivity contribution in [2.75, 3.05) is 19.7 Å². The van der Waals surface area contributed by atoms with Gasteiger partial charge in [0.1, 0.15) is 0 Å². The molecule has 0 saturated carbocycles. The summed E-state index contributed by atoms with van der Waals surface area (Å²) in [6.45, 7) is 7.66. The van der Waals surface area contributed by atoms with Gasteiger partial charge in [-0.25, -0.2) is 0 Å². The number of morpholine rings is 1. The third-order valence-corrected chi connectivity index (χ3v) is 4.37. The number of nitrogens with two attached hydrogens (primary N) is 1. The summed E-state index contributed by atoms with van der Waals surface area (Å²) in [7, 11) is 0. The van der Waals surface area contributed by atoms with Crippen LogP contribution in [-0.2, 0) is 11.3 Å². The highest BCUT2D eigenvalue weighted by Crippen LogP contribution is 2.22. The number of ether oxygens (including phenoxy) is 1. The van der Waals surface area contributed by atoms with Crippen molar-refractivity contribution >= 4 is 11.3 Å². The van der Waals surface area contributed by atoms with E-state index in [-0.39, 0.29) is 0 Å². The van der Waals surface area contributed by atoms with Gasteiger partial charge in [0.05, 0.1) is 24.1 Å². The molecule has 0 bridgehead atoms. The Hall–Kier alpha value is -0.860. The molecular weight excluding hydrogens is 256 g/mol. The van der Waals surface area contributed by atoms with Crippen LogP contribution < -0.4 is 5.73 Å². The van der Waals surface area contributed by atoms with Crippen LogP contribution in [0.1, 0.15) is 30.0 Å². The van der Waals surface area contributed by atoms with Crippen LogP contribution in [0.2, 0.25) is 0 Å². The SMILES string of the molecule is CCC1COC(C)CN1Cc1ccc(C#CCN)s1. The minimum Gasteiger partial charge on any atom is -0.376 e. The Bertz CT molecular complexity index is 460. The van der Waals surface area contributed by atoms with Crippen LogP contribution in [0.5, 0.6) is 0 Å². The maximum atomic E-state index is 5.73. The summed E-state index contributed by atoms with van der Waals surface area (Å²) in [5.74, 6) is 6.00. The van der Waals surface area contributed by atoms with Crippen LogP contribution in [0.4, 0.5) is 0 Å². The van der Waals surface area contributed by atoms with Crippen LogP contribution >= 0.6 is 11.3 Å². The van der Waals surface area contributed by atoms with Crippen LogP contribution in [0.15, 0.2) is 12.1 Å². The maximum absolute atomic E-state index is 5.73. The monoisotopic (exact) mass is 278 g/mol. The highest BCUT2D eigenvalue weighted by Gasteiger charge is 2.25. The van der Waals surface area contributed by atoms with E-state index in [1.165, 1.54) is 4.88 Å². The van der Waals surface area contributed by atoms with Gasteiger partial charge in [-0.05, 0) is 25.5 Å². The van der Waals surface area contributed by atoms with E-state index in [0.29, 0.717) is 18.7 Å². The topological polar surface area (TPSA) is 38.5 Å². The molecule has 0 aromatic carbocycles. The predicted molar refractivity (Wildman–Crippen MR) is 80.2 cm³/mol. The van der Waals surface area contributed by atoms with E-state index < -0.39 is 0 Å². The standard InChI is InChI=1S/C15H22N2OS/c1-3-13-11-18-12(2)9-17(13)10-15-7-6-14(19-15)5-4-8-16/h6-7,12-13H,3,8-11,16H2,1-2H3. The molecule has 2 heterocycles. The molecule has 1 aromatic heterocycles. The largest absolute Gasteiger partial charge is 0.376 e. The van der Waals surface area contributed by atoms with Gasteiger partial charge in [0.2, 0.25) is 0 Å². The van der Waals surface area contributed by atoms with E-state index >= 15 is 0 Å². The molecule has 0 aliphatic carbocycles. The summed E-state index contributed by atoms with van der Waals surface area (Å²) in [5.41, 5.74) is 5.39. The highest BCUT2D eigenvalue weighted by atomic mass is 32.1. The average molecular weight is 278 g/mol. The summed E-state index contributed by atoms with van der Waals surface area (Å²) in [6.07, 6.45) is 1.47. The van der Waals surface area contributed by atoms with Gasteiger partial charge in [-0.1, -0.05) is 18.8 Å². The molecule has 2 rings (SSSR count). The maximum Gasteiger partial charge on any atom is 0.0772 e. The number of nitrogens with zero attached hydrogens (tertiary/aromatic N) is 1. The van der Waals surface area contributed by atoms with Crippen molar-refractivity contribution in [3.63, 3.8) is 0 Å². The van der Waals surface area contributed by atoms with Gasteiger partial charge >= 0.3 is 0 Å². The molecule has 1 fully saturated rings. The van der Waals surface area contributed by atoms with Gasteiger partial charge in [0, 0.05) is 24.0 Å². The first-order chi connectivity index (χ1) is 9.22. The fourth-order valence-electron chi connectivity index (χ4n) is 2.35. The quantitative estimate of drug-likeness (QED) is 0.860. The fraction of sp³-hybridized carbons (Fsp3) is 0.600. The third-order valence-electron chi connectivity index (χ3n) is 3.39. The second kappa shape index (κ2) is 7.06. The van der Waals surface area contributed by atoms with E-state index in [4.69, 9.17) is 10.5 Å². The first kappa shape index (κ1) is 14.5. The van der Waals surface area contributed by atoms with E-state index in [9.17, 15) is 0 Å². The van der Waals surface area contributed by atoms with Crippen molar-refractivity contribution in [1.82, 2.24) is 4.90 Å². The summed E-state index contributed by atoms with van der Waals surface area (Å²) in [6, 6.07) is 4.81. The fourth-order valence-corrected chi connectivity index (χ4v) is 3.26. The first-order valence-corrected chi connectivity index (χ1v) is 7.68. The predicted octanol–water partition coefficient (Wildman–Crippen LogP) is 2.06. The number of thiophene rings is 1. The molecule has 2 atom stereocenters. The van der Waals surface area contributed by atoms with Crippen LogP contribution in [0, 0.1) is 11.8 Å². The van der Waals surface area contributed by atoms with Gasteiger partial charge in [0.25, 0.3) is 0 Å². The molecular formula is C15H22N2OS. The van der Waals surface area contributed by atoms with Gasteiger partial charge in [-0.2, -0.15) is 0 Å². The van der Waals surface area contributed by atoms with Crippen molar-refractivity contribution < 1.29 is 4.74 Å². The molecule has 4 heteroatoms. The molecule has 2 N–H and O–H groups in total. The number of hydrogen-bond acceptors (Lipinski definition) is 4. The zero-order valence-corrected chi connectivity index (χ0v) is 12.5. The van der Waals surface area contributed by atoms with E-state index in [0.717, 1.165) is 31.0 Å². The zero-order valence-electron chi connectivity index (χ0n) is 11.7. The van der Waals surface area contributed by atoms with Gasteiger partial charge in [-0.15, -0.1) is 11.3 Å². The summed E-state index contributed by atoms with van der Waals surface area (Å²) in [5, 5.41) is 0. The summed E-state index contributed by atoms with van der Waals surface area (Å²) < 4.78 is 5.73. The summed E-state index contributed by atoms with van der Waals surface area (Å²) in [4.78, 5) is 5.00. The Morgan fingerprint density at radius 2 is 2.37 bits per heavy atom. The van der Waals surface area contributed by atoms with Gasteiger partial charge < -0.3 is 10.5 Å². The van der Waals surface area contributed by atoms with Crippen molar-refractivity contribution in [2.24, 2.45) is 5.73 Å². The molecule has 104 valence electrons. The van der Waals surface area contributed by atoms with E-state index in [1.807, 2.05) is 0 Å². The zero-order chi connectivity index (χ0) is 13.7. The molecule has 3 nitrogen and oxygen atoms in total. The molecule has 1 aliphatic heterocycles. The second-order valence-electron chi connectivity index (χ2n) is 4.91. The Morgan fingerprint density at radius 1 is 1.53 bits per heavy atom. The minimum atomic E-state index is 0.333. The lowest BCUT2D eigenvalue weighted by molar-refractivity contribution is -0.0588. The Kier molecular flexibility index (Phi) is 5.41. The van der Waals surface area contributed by atoms with Crippen molar-refractivity contribution in [2.45, 2.75) is 39.0 Å². The molecule has 19 heavy (non-hydrogen) atoms. The molecule has 0 amide bonds. The Morgan fingerprint density at radius 3 is 3.11 bits per heavy atom. The lowest BCUT2D eigenvalue weighted by Crippen LogP contribution is -2.47. The highest BCUT2D eigenvalue weighted by molar-refractivity contribution is 7.12. The lowest BCUT2D eigenvalue weighted by Gasteiger charge is -2.38. The van der Waals surface area contributed by atoms with Crippen molar-refractivity contribution in [3.05, 3.63) is 21.9 Å². The number of rotatable bonds is 3. The molecule has 1 saturated heterocycles. The first-order valence-electron chi connectivity index (χ1n) is 6.86. The van der Waals surface area contributed by atoms with Crippen molar-refractivity contribution in [1.29, 1.82) is 0 Å². The summed E-state index contributed by atoms with van der Waals surface area (Å²) >= 11 is 1.77. The van der Waals surface area contributed by atoms with Crippen molar-refractivity contribution in [3.8, 4) is 11.8 Å². The van der Waals surface area contributed by atoms with Crippen LogP contribution in [-0.4, -0.2) is 36.7 Å². The van der Waals surface area contributed by atoms with Gasteiger partial charge in [-0.3, -0.25) is 4.90 Å². The molecule has 0 radical (unpaired) electrons. The Balaban J connectivity index is 2.00.